The molecule has 1 amide bonds. The van der Waals surface area contributed by atoms with Crippen molar-refractivity contribution in [2.75, 3.05) is 23.3 Å². The van der Waals surface area contributed by atoms with Crippen molar-refractivity contribution in [3.63, 3.8) is 0 Å². The lowest BCUT2D eigenvalue weighted by Gasteiger charge is -2.46. The number of nitrogens with zero attached hydrogens (tertiary/aromatic N) is 7. The number of benzene rings is 1. The number of aromatic nitrogens is 5. The molecule has 1 saturated heterocycles. The second-order valence-corrected chi connectivity index (χ2v) is 12.5. The zero-order valence-electron chi connectivity index (χ0n) is 26.2. The van der Waals surface area contributed by atoms with Crippen LogP contribution < -0.4 is 10.2 Å². The fraction of sp³-hybridized carbons (Fsp3) is 0.469. The summed E-state index contributed by atoms with van der Waals surface area (Å²) in [6.45, 7) is 15.3. The van der Waals surface area contributed by atoms with Gasteiger partial charge >= 0.3 is 6.09 Å². The van der Waals surface area contributed by atoms with E-state index in [-0.39, 0.29) is 35.7 Å². The number of carbonyl (C=O) groups is 1. The summed E-state index contributed by atoms with van der Waals surface area (Å²) >= 11 is 0. The van der Waals surface area contributed by atoms with Gasteiger partial charge in [-0.2, -0.15) is 5.10 Å². The van der Waals surface area contributed by atoms with Crippen LogP contribution in [0.2, 0.25) is 0 Å². The Balaban J connectivity index is 1.32. The molecular formula is C32H41FN8O2. The highest BCUT2D eigenvalue weighted by atomic mass is 19.1. The van der Waals surface area contributed by atoms with Crippen LogP contribution in [-0.2, 0) is 11.8 Å². The summed E-state index contributed by atoms with van der Waals surface area (Å²) in [6, 6.07) is 9.48. The average Bonchev–Trinajstić information content (AvgIpc) is 3.28. The molecule has 4 aromatic rings. The van der Waals surface area contributed by atoms with E-state index in [0.717, 1.165) is 28.7 Å². The van der Waals surface area contributed by atoms with Crippen LogP contribution in [0.5, 0.6) is 0 Å². The molecule has 2 atom stereocenters. The van der Waals surface area contributed by atoms with Gasteiger partial charge in [0.25, 0.3) is 0 Å². The van der Waals surface area contributed by atoms with Crippen LogP contribution >= 0.6 is 0 Å². The van der Waals surface area contributed by atoms with Gasteiger partial charge in [-0.15, -0.1) is 0 Å². The molecule has 1 N–H and O–H groups in total. The molecule has 0 bridgehead atoms. The summed E-state index contributed by atoms with van der Waals surface area (Å²) in [5.41, 5.74) is 3.21. The number of anilines is 3. The van der Waals surface area contributed by atoms with Crippen molar-refractivity contribution in [3.05, 3.63) is 54.2 Å². The zero-order valence-corrected chi connectivity index (χ0v) is 26.2. The Morgan fingerprint density at radius 1 is 1.14 bits per heavy atom. The first-order valence-corrected chi connectivity index (χ1v) is 14.8. The van der Waals surface area contributed by atoms with Gasteiger partial charge in [-0.3, -0.25) is 9.58 Å². The molecule has 5 rings (SSSR count). The minimum absolute atomic E-state index is 0.0185. The summed E-state index contributed by atoms with van der Waals surface area (Å²) < 4.78 is 22.5. The number of nitrogens with one attached hydrogen (secondary N) is 1. The van der Waals surface area contributed by atoms with Gasteiger partial charge < -0.3 is 15.0 Å². The quantitative estimate of drug-likeness (QED) is 0.267. The third-order valence-electron chi connectivity index (χ3n) is 7.66. The number of hydrogen-bond donors (Lipinski definition) is 1. The summed E-state index contributed by atoms with van der Waals surface area (Å²) in [5, 5.41) is 8.67. The highest BCUT2D eigenvalue weighted by Gasteiger charge is 2.37. The first-order valence-electron chi connectivity index (χ1n) is 14.8. The Kier molecular flexibility index (Phi) is 8.27. The Morgan fingerprint density at radius 2 is 1.91 bits per heavy atom. The fourth-order valence-electron chi connectivity index (χ4n) is 5.81. The van der Waals surface area contributed by atoms with Crippen LogP contribution in [0, 0.1) is 5.82 Å². The minimum Gasteiger partial charge on any atom is -0.444 e. The highest BCUT2D eigenvalue weighted by Crippen LogP contribution is 2.31. The summed E-state index contributed by atoms with van der Waals surface area (Å²) in [7, 11) is 1.92. The lowest BCUT2D eigenvalue weighted by Crippen LogP contribution is -2.60. The number of amides is 1. The van der Waals surface area contributed by atoms with Crippen LogP contribution in [0.1, 0.15) is 66.5 Å². The van der Waals surface area contributed by atoms with Gasteiger partial charge in [-0.05, 0) is 64.3 Å². The predicted molar refractivity (Wildman–Crippen MR) is 167 cm³/mol. The first-order chi connectivity index (χ1) is 20.3. The molecule has 1 aliphatic heterocycles. The van der Waals surface area contributed by atoms with E-state index in [0.29, 0.717) is 24.5 Å². The molecule has 0 aliphatic carbocycles. The predicted octanol–water partition coefficient (Wildman–Crippen LogP) is 6.66. The molecule has 0 radical (unpaired) electrons. The smallest absolute Gasteiger partial charge is 0.410 e. The Morgan fingerprint density at radius 3 is 2.56 bits per heavy atom. The second kappa shape index (κ2) is 11.8. The monoisotopic (exact) mass is 588 g/mol. The number of hydrogen-bond acceptors (Lipinski definition) is 8. The van der Waals surface area contributed by atoms with E-state index in [1.807, 2.05) is 74.7 Å². The van der Waals surface area contributed by atoms with Crippen molar-refractivity contribution < 1.29 is 13.9 Å². The molecule has 0 saturated carbocycles. The lowest BCUT2D eigenvalue weighted by atomic mass is 10.0. The van der Waals surface area contributed by atoms with E-state index in [4.69, 9.17) is 4.74 Å². The standard InChI is InChI=1S/C32H41FN8O2/c1-9-22-18-40(17-20(4)41(22)31(42)43-32(5,6)7)23-11-13-27(34-15-23)36-30-35-16-25(33)28(37-30)21-10-12-26-24(14-21)29(19(2)3)39(8)38-26/h10-16,19-20,22H,9,17-18H2,1-8H3,(H,34,35,36,37). The molecule has 3 aromatic heterocycles. The summed E-state index contributed by atoms with van der Waals surface area (Å²) in [5.74, 6) is 0.543. The molecule has 228 valence electrons. The molecule has 0 spiro atoms. The molecule has 1 fully saturated rings. The molecule has 2 unspecified atom stereocenters. The van der Waals surface area contributed by atoms with Gasteiger partial charge in [0.15, 0.2) is 5.82 Å². The Labute approximate surface area is 252 Å². The number of piperazine rings is 1. The lowest BCUT2D eigenvalue weighted by molar-refractivity contribution is 0.00292. The third kappa shape index (κ3) is 6.40. The van der Waals surface area contributed by atoms with Gasteiger partial charge in [0.2, 0.25) is 5.95 Å². The van der Waals surface area contributed by atoms with Crippen LogP contribution in [0.15, 0.2) is 42.7 Å². The number of rotatable bonds is 6. The molecule has 43 heavy (non-hydrogen) atoms. The van der Waals surface area contributed by atoms with Gasteiger partial charge in [-0.1, -0.05) is 26.8 Å². The molecular weight excluding hydrogens is 547 g/mol. The fourth-order valence-corrected chi connectivity index (χ4v) is 5.81. The molecule has 1 aliphatic rings. The van der Waals surface area contributed by atoms with Crippen molar-refractivity contribution >= 4 is 34.4 Å². The minimum atomic E-state index is -0.543. The zero-order chi connectivity index (χ0) is 31.1. The number of carbonyl (C=O) groups excluding carboxylic acids is 1. The van der Waals surface area contributed by atoms with Crippen LogP contribution in [0.4, 0.5) is 26.6 Å². The maximum absolute atomic E-state index is 14.9. The van der Waals surface area contributed by atoms with Gasteiger partial charge in [0, 0.05) is 36.8 Å². The Bertz CT molecular complexity index is 1610. The largest absolute Gasteiger partial charge is 0.444 e. The summed E-state index contributed by atoms with van der Waals surface area (Å²) in [6.07, 6.45) is 3.50. The van der Waals surface area contributed by atoms with Crippen molar-refractivity contribution in [2.24, 2.45) is 7.05 Å². The van der Waals surface area contributed by atoms with Crippen molar-refractivity contribution in [1.29, 1.82) is 0 Å². The van der Waals surface area contributed by atoms with E-state index >= 15 is 0 Å². The van der Waals surface area contributed by atoms with E-state index < -0.39 is 11.4 Å². The number of aryl methyl sites for hydroxylation is 1. The molecule has 4 heterocycles. The third-order valence-corrected chi connectivity index (χ3v) is 7.66. The summed E-state index contributed by atoms with van der Waals surface area (Å²) in [4.78, 5) is 30.3. The molecule has 11 heteroatoms. The molecule has 10 nitrogen and oxygen atoms in total. The SMILES string of the molecule is CCC1CN(c2ccc(Nc3ncc(F)c(-c4ccc5nn(C)c(C(C)C)c5c4)n3)nc2)CC(C)N1C(=O)OC(C)(C)C. The number of fused-ring (bicyclic) bond motifs is 1. The van der Waals surface area contributed by atoms with Crippen molar-refractivity contribution in [1.82, 2.24) is 29.6 Å². The van der Waals surface area contributed by atoms with E-state index in [1.54, 1.807) is 6.20 Å². The second-order valence-electron chi connectivity index (χ2n) is 12.5. The van der Waals surface area contributed by atoms with Gasteiger partial charge in [0.1, 0.15) is 17.1 Å². The average molecular weight is 589 g/mol. The number of pyridine rings is 1. The molecule has 1 aromatic carbocycles. The maximum atomic E-state index is 14.9. The normalized spacial score (nSPS) is 17.5. The van der Waals surface area contributed by atoms with Gasteiger partial charge in [0.05, 0.1) is 35.7 Å². The van der Waals surface area contributed by atoms with E-state index in [2.05, 4.69) is 51.0 Å². The first kappa shape index (κ1) is 30.2. The topological polar surface area (TPSA) is 101 Å². The van der Waals surface area contributed by atoms with Crippen LogP contribution in [-0.4, -0.2) is 66.5 Å². The Hall–Kier alpha value is -4.28. The number of halogens is 1. The highest BCUT2D eigenvalue weighted by molar-refractivity contribution is 5.87. The van der Waals surface area contributed by atoms with E-state index in [9.17, 15) is 9.18 Å². The van der Waals surface area contributed by atoms with Gasteiger partial charge in [-0.25, -0.2) is 24.1 Å². The van der Waals surface area contributed by atoms with Crippen molar-refractivity contribution in [2.45, 2.75) is 78.5 Å². The maximum Gasteiger partial charge on any atom is 0.410 e. The van der Waals surface area contributed by atoms with Crippen molar-refractivity contribution in [3.8, 4) is 11.3 Å². The van der Waals surface area contributed by atoms with Crippen LogP contribution in [0.3, 0.4) is 0 Å². The number of ether oxygens (including phenoxy) is 1. The van der Waals surface area contributed by atoms with E-state index in [1.165, 1.54) is 6.20 Å². The van der Waals surface area contributed by atoms with Crippen LogP contribution in [0.25, 0.3) is 22.2 Å².